The summed E-state index contributed by atoms with van der Waals surface area (Å²) in [5, 5.41) is 1.44. The van der Waals surface area contributed by atoms with Crippen molar-refractivity contribution in [1.29, 1.82) is 0 Å². The highest BCUT2D eigenvalue weighted by Crippen LogP contribution is 2.30. The van der Waals surface area contributed by atoms with E-state index in [9.17, 15) is 9.59 Å². The van der Waals surface area contributed by atoms with Crippen molar-refractivity contribution >= 4 is 28.6 Å². The fourth-order valence-electron chi connectivity index (χ4n) is 3.17. The van der Waals surface area contributed by atoms with Crippen LogP contribution in [0.2, 0.25) is 0 Å². The van der Waals surface area contributed by atoms with Crippen molar-refractivity contribution in [1.82, 2.24) is 14.5 Å². The van der Waals surface area contributed by atoms with Gasteiger partial charge in [-0.1, -0.05) is 31.0 Å². The van der Waals surface area contributed by atoms with E-state index < -0.39 is 0 Å². The van der Waals surface area contributed by atoms with E-state index in [1.54, 1.807) is 17.7 Å². The average molecular weight is 331 g/mol. The molecule has 2 heterocycles. The smallest absolute Gasteiger partial charge is 0.263 e. The average Bonchev–Trinajstić information content (AvgIpc) is 2.47. The van der Waals surface area contributed by atoms with Crippen molar-refractivity contribution in [2.24, 2.45) is 5.92 Å². The summed E-state index contributed by atoms with van der Waals surface area (Å²) in [6.45, 7) is 3.87. The Hall–Kier alpha value is -1.69. The van der Waals surface area contributed by atoms with Crippen LogP contribution in [0.15, 0.2) is 16.1 Å². The summed E-state index contributed by atoms with van der Waals surface area (Å²) in [6, 6.07) is 0. The quantitative estimate of drug-likeness (QED) is 0.478. The van der Waals surface area contributed by atoms with Gasteiger partial charge >= 0.3 is 0 Å². The summed E-state index contributed by atoms with van der Waals surface area (Å²) in [4.78, 5) is 33.6. The van der Waals surface area contributed by atoms with E-state index in [4.69, 9.17) is 0 Å². The molecule has 0 unspecified atom stereocenters. The van der Waals surface area contributed by atoms with Gasteiger partial charge in [-0.25, -0.2) is 9.97 Å². The maximum atomic E-state index is 12.8. The molecule has 122 valence electrons. The number of ketones is 1. The molecular weight excluding hydrogens is 310 g/mol. The summed E-state index contributed by atoms with van der Waals surface area (Å²) < 4.78 is 1.68. The van der Waals surface area contributed by atoms with Crippen molar-refractivity contribution in [2.45, 2.75) is 51.2 Å². The Bertz CT molecular complexity index is 825. The first-order valence-electron chi connectivity index (χ1n) is 7.98. The molecule has 3 rings (SSSR count). The van der Waals surface area contributed by atoms with Crippen LogP contribution in [-0.2, 0) is 6.54 Å². The summed E-state index contributed by atoms with van der Waals surface area (Å²) >= 11 is 1.45. The van der Waals surface area contributed by atoms with Crippen molar-refractivity contribution in [3.63, 3.8) is 0 Å². The first kappa shape index (κ1) is 16.2. The summed E-state index contributed by atoms with van der Waals surface area (Å²) in [7, 11) is 0. The highest BCUT2D eigenvalue weighted by molar-refractivity contribution is 7.98. The number of rotatable bonds is 5. The number of Topliss-reactive ketones (excluding diaryl/α,β-unsaturated/α-hetero) is 1. The zero-order chi connectivity index (χ0) is 16.6. The summed E-state index contributed by atoms with van der Waals surface area (Å²) in [5.74, 6) is 0.502. The minimum atomic E-state index is -0.215. The third-order valence-electron chi connectivity index (χ3n) is 4.76. The van der Waals surface area contributed by atoms with E-state index in [0.717, 1.165) is 11.8 Å². The minimum absolute atomic E-state index is 0.194. The SMILES string of the molecule is CSc1ncc2c(C)c(C(C)=O)c(=O)n(CCC3CCC3)c2n1. The molecule has 0 bridgehead atoms. The Morgan fingerprint density at radius 3 is 2.74 bits per heavy atom. The Labute approximate surface area is 139 Å². The molecule has 0 spiro atoms. The Morgan fingerprint density at radius 1 is 1.43 bits per heavy atom. The van der Waals surface area contributed by atoms with Gasteiger partial charge in [0.25, 0.3) is 5.56 Å². The van der Waals surface area contributed by atoms with Gasteiger partial charge in [0.1, 0.15) is 5.65 Å². The van der Waals surface area contributed by atoms with Crippen LogP contribution in [0, 0.1) is 12.8 Å². The molecule has 2 aromatic rings. The molecule has 0 saturated heterocycles. The second-order valence-corrected chi connectivity index (χ2v) is 6.97. The fraction of sp³-hybridized carbons (Fsp3) is 0.529. The molecule has 0 aromatic carbocycles. The van der Waals surface area contributed by atoms with Crippen LogP contribution in [-0.4, -0.2) is 26.6 Å². The van der Waals surface area contributed by atoms with Gasteiger partial charge < -0.3 is 0 Å². The fourth-order valence-corrected chi connectivity index (χ4v) is 3.50. The Kier molecular flexibility index (Phi) is 4.53. The molecule has 0 aliphatic heterocycles. The zero-order valence-corrected chi connectivity index (χ0v) is 14.6. The van der Waals surface area contributed by atoms with Gasteiger partial charge in [-0.15, -0.1) is 0 Å². The second-order valence-electron chi connectivity index (χ2n) is 6.19. The number of hydrogen-bond acceptors (Lipinski definition) is 5. The Morgan fingerprint density at radius 2 is 2.17 bits per heavy atom. The van der Waals surface area contributed by atoms with Crippen molar-refractivity contribution in [3.05, 3.63) is 27.7 Å². The molecule has 6 heteroatoms. The molecule has 1 saturated carbocycles. The van der Waals surface area contributed by atoms with E-state index in [1.807, 2.05) is 6.26 Å². The number of aryl methyl sites for hydroxylation is 2. The van der Waals surface area contributed by atoms with Gasteiger partial charge in [-0.05, 0) is 38.0 Å². The lowest BCUT2D eigenvalue weighted by atomic mass is 9.83. The lowest BCUT2D eigenvalue weighted by Crippen LogP contribution is -2.29. The molecule has 23 heavy (non-hydrogen) atoms. The number of aromatic nitrogens is 3. The van der Waals surface area contributed by atoms with Gasteiger partial charge in [0.15, 0.2) is 10.9 Å². The zero-order valence-electron chi connectivity index (χ0n) is 13.8. The maximum absolute atomic E-state index is 12.8. The minimum Gasteiger partial charge on any atom is -0.294 e. The largest absolute Gasteiger partial charge is 0.294 e. The lowest BCUT2D eigenvalue weighted by Gasteiger charge is -2.25. The topological polar surface area (TPSA) is 64.8 Å². The molecule has 1 aliphatic carbocycles. The third kappa shape index (κ3) is 2.92. The first-order chi connectivity index (χ1) is 11.0. The lowest BCUT2D eigenvalue weighted by molar-refractivity contribution is 0.101. The van der Waals surface area contributed by atoms with E-state index in [-0.39, 0.29) is 16.9 Å². The van der Waals surface area contributed by atoms with E-state index in [0.29, 0.717) is 28.8 Å². The summed E-state index contributed by atoms with van der Waals surface area (Å²) in [5.41, 5.74) is 1.39. The van der Waals surface area contributed by atoms with Gasteiger partial charge in [0, 0.05) is 18.1 Å². The van der Waals surface area contributed by atoms with Gasteiger partial charge in [-0.2, -0.15) is 0 Å². The van der Waals surface area contributed by atoms with Crippen LogP contribution in [0.1, 0.15) is 48.5 Å². The number of pyridine rings is 1. The molecular formula is C17H21N3O2S. The van der Waals surface area contributed by atoms with Crippen molar-refractivity contribution in [3.8, 4) is 0 Å². The van der Waals surface area contributed by atoms with Crippen LogP contribution >= 0.6 is 11.8 Å². The number of hydrogen-bond donors (Lipinski definition) is 0. The van der Waals surface area contributed by atoms with Gasteiger partial charge in [0.2, 0.25) is 0 Å². The molecule has 0 atom stereocenters. The van der Waals surface area contributed by atoms with Crippen LogP contribution in [0.4, 0.5) is 0 Å². The van der Waals surface area contributed by atoms with Gasteiger partial charge in [0.05, 0.1) is 5.56 Å². The predicted molar refractivity (Wildman–Crippen MR) is 92.3 cm³/mol. The first-order valence-corrected chi connectivity index (χ1v) is 9.20. The number of carbonyl (C=O) groups is 1. The number of carbonyl (C=O) groups excluding carboxylic acids is 1. The van der Waals surface area contributed by atoms with Crippen molar-refractivity contribution in [2.75, 3.05) is 6.26 Å². The normalized spacial score (nSPS) is 14.9. The van der Waals surface area contributed by atoms with Crippen LogP contribution in [0.25, 0.3) is 11.0 Å². The molecule has 1 aliphatic rings. The third-order valence-corrected chi connectivity index (χ3v) is 5.32. The van der Waals surface area contributed by atoms with E-state index in [2.05, 4.69) is 9.97 Å². The predicted octanol–water partition coefficient (Wildman–Crippen LogP) is 3.21. The summed E-state index contributed by atoms with van der Waals surface area (Å²) in [6.07, 6.45) is 8.37. The van der Waals surface area contributed by atoms with Crippen LogP contribution < -0.4 is 5.56 Å². The van der Waals surface area contributed by atoms with E-state index in [1.165, 1.54) is 37.9 Å². The standard InChI is InChI=1S/C17H21N3O2S/c1-10-13-9-18-17(23-3)19-15(13)20(8-7-12-5-4-6-12)16(22)14(10)11(2)21/h9,12H,4-8H2,1-3H3. The monoisotopic (exact) mass is 331 g/mol. The van der Waals surface area contributed by atoms with Gasteiger partial charge in [-0.3, -0.25) is 14.2 Å². The number of thioether (sulfide) groups is 1. The highest BCUT2D eigenvalue weighted by Gasteiger charge is 2.21. The highest BCUT2D eigenvalue weighted by atomic mass is 32.2. The maximum Gasteiger partial charge on any atom is 0.263 e. The molecule has 1 fully saturated rings. The number of nitrogens with zero attached hydrogens (tertiary/aromatic N) is 3. The molecule has 0 amide bonds. The molecule has 0 radical (unpaired) electrons. The van der Waals surface area contributed by atoms with E-state index >= 15 is 0 Å². The molecule has 2 aromatic heterocycles. The van der Waals surface area contributed by atoms with Crippen molar-refractivity contribution < 1.29 is 4.79 Å². The van der Waals surface area contributed by atoms with Crippen LogP contribution in [0.5, 0.6) is 0 Å². The second kappa shape index (κ2) is 6.43. The van der Waals surface area contributed by atoms with Crippen LogP contribution in [0.3, 0.4) is 0 Å². The Balaban J connectivity index is 2.19. The number of fused-ring (bicyclic) bond motifs is 1. The molecule has 0 N–H and O–H groups in total. The molecule has 5 nitrogen and oxygen atoms in total.